The van der Waals surface area contributed by atoms with Gasteiger partial charge in [-0.15, -0.1) is 17.9 Å². The lowest BCUT2D eigenvalue weighted by Crippen LogP contribution is -2.43. The number of thiophene rings is 1. The van der Waals surface area contributed by atoms with Crippen LogP contribution in [0.2, 0.25) is 0 Å². The minimum atomic E-state index is -0.126. The van der Waals surface area contributed by atoms with E-state index in [1.54, 1.807) is 6.08 Å². The third kappa shape index (κ3) is 2.83. The molecule has 0 aromatic carbocycles. The van der Waals surface area contributed by atoms with Crippen molar-refractivity contribution in [2.45, 2.75) is 0 Å². The van der Waals surface area contributed by atoms with E-state index in [1.807, 2.05) is 6.07 Å². The predicted molar refractivity (Wildman–Crippen MR) is 76.3 cm³/mol. The molecule has 1 fully saturated rings. The van der Waals surface area contributed by atoms with Crippen LogP contribution in [0.15, 0.2) is 18.7 Å². The van der Waals surface area contributed by atoms with Crippen molar-refractivity contribution in [1.29, 1.82) is 0 Å². The fraction of sp³-hybridized carbons (Fsp3) is 0.417. The van der Waals surface area contributed by atoms with Crippen LogP contribution in [0.1, 0.15) is 9.67 Å². The molecule has 1 aliphatic rings. The highest BCUT2D eigenvalue weighted by molar-refractivity contribution is 7.18. The lowest BCUT2D eigenvalue weighted by atomic mass is 10.3. The van der Waals surface area contributed by atoms with E-state index in [0.717, 1.165) is 31.2 Å². The van der Waals surface area contributed by atoms with Crippen molar-refractivity contribution >= 4 is 27.9 Å². The standard InChI is InChI=1S/C12H18N4OS/c1-2-3-15-12(17)11-9(13)8-10(18-11)16-6-4-14-5-7-16/h2,8,14H,1,3-7,13H2,(H,15,17). The van der Waals surface area contributed by atoms with Crippen molar-refractivity contribution in [2.24, 2.45) is 0 Å². The van der Waals surface area contributed by atoms with Crippen molar-refractivity contribution in [1.82, 2.24) is 10.6 Å². The van der Waals surface area contributed by atoms with Gasteiger partial charge >= 0.3 is 0 Å². The highest BCUT2D eigenvalue weighted by Crippen LogP contribution is 2.32. The summed E-state index contributed by atoms with van der Waals surface area (Å²) in [6.07, 6.45) is 1.65. The third-order valence-corrected chi connectivity index (χ3v) is 4.00. The summed E-state index contributed by atoms with van der Waals surface area (Å²) in [5.41, 5.74) is 6.45. The second-order valence-corrected chi connectivity index (χ2v) is 5.14. The summed E-state index contributed by atoms with van der Waals surface area (Å²) in [4.78, 5) is 14.7. The first-order valence-electron chi connectivity index (χ1n) is 5.96. The van der Waals surface area contributed by atoms with E-state index in [0.29, 0.717) is 17.1 Å². The molecule has 4 N–H and O–H groups in total. The zero-order valence-corrected chi connectivity index (χ0v) is 11.1. The Balaban J connectivity index is 2.10. The molecule has 0 saturated carbocycles. The Morgan fingerprint density at radius 3 is 3.00 bits per heavy atom. The molecule has 1 aromatic heterocycles. The summed E-state index contributed by atoms with van der Waals surface area (Å²) in [5.74, 6) is -0.126. The van der Waals surface area contributed by atoms with E-state index in [1.165, 1.54) is 11.3 Å². The van der Waals surface area contributed by atoms with Gasteiger partial charge in [-0.3, -0.25) is 4.79 Å². The number of piperazine rings is 1. The average Bonchev–Trinajstić information content (AvgIpc) is 2.79. The number of nitrogens with two attached hydrogens (primary N) is 1. The van der Waals surface area contributed by atoms with Gasteiger partial charge < -0.3 is 21.3 Å². The molecule has 0 spiro atoms. The average molecular weight is 266 g/mol. The molecular weight excluding hydrogens is 248 g/mol. The number of hydrogen-bond donors (Lipinski definition) is 3. The molecule has 2 heterocycles. The summed E-state index contributed by atoms with van der Waals surface area (Å²) in [7, 11) is 0. The number of amides is 1. The Bertz CT molecular complexity index is 437. The van der Waals surface area contributed by atoms with Gasteiger partial charge in [0.15, 0.2) is 0 Å². The fourth-order valence-corrected chi connectivity index (χ4v) is 2.90. The number of nitrogens with one attached hydrogen (secondary N) is 2. The first-order valence-corrected chi connectivity index (χ1v) is 6.78. The first-order chi connectivity index (χ1) is 8.72. The number of carbonyl (C=O) groups excluding carboxylic acids is 1. The third-order valence-electron chi connectivity index (χ3n) is 2.79. The molecule has 98 valence electrons. The van der Waals surface area contributed by atoms with Gasteiger partial charge in [0.05, 0.1) is 10.7 Å². The Morgan fingerprint density at radius 2 is 2.33 bits per heavy atom. The Hall–Kier alpha value is -1.53. The van der Waals surface area contributed by atoms with Crippen LogP contribution in [0.4, 0.5) is 10.7 Å². The van der Waals surface area contributed by atoms with Gasteiger partial charge in [0.1, 0.15) is 4.88 Å². The highest BCUT2D eigenvalue weighted by Gasteiger charge is 2.18. The van der Waals surface area contributed by atoms with Gasteiger partial charge in [-0.25, -0.2) is 0 Å². The summed E-state index contributed by atoms with van der Waals surface area (Å²) < 4.78 is 0. The zero-order chi connectivity index (χ0) is 13.0. The number of carbonyl (C=O) groups is 1. The molecule has 1 amide bonds. The highest BCUT2D eigenvalue weighted by atomic mass is 32.1. The largest absolute Gasteiger partial charge is 0.397 e. The Kier molecular flexibility index (Phi) is 4.22. The van der Waals surface area contributed by atoms with Gasteiger partial charge in [-0.05, 0) is 6.07 Å². The second kappa shape index (κ2) is 5.88. The van der Waals surface area contributed by atoms with Crippen molar-refractivity contribution < 1.29 is 4.79 Å². The maximum Gasteiger partial charge on any atom is 0.263 e. The molecule has 5 nitrogen and oxygen atoms in total. The van der Waals surface area contributed by atoms with Crippen LogP contribution < -0.4 is 21.3 Å². The normalized spacial score (nSPS) is 15.4. The molecule has 1 aromatic rings. The smallest absolute Gasteiger partial charge is 0.263 e. The van der Waals surface area contributed by atoms with Gasteiger partial charge in [0, 0.05) is 32.7 Å². The minimum Gasteiger partial charge on any atom is -0.397 e. The van der Waals surface area contributed by atoms with E-state index in [2.05, 4.69) is 22.1 Å². The van der Waals surface area contributed by atoms with Crippen molar-refractivity contribution in [3.05, 3.63) is 23.6 Å². The number of nitrogen functional groups attached to an aromatic ring is 1. The van der Waals surface area contributed by atoms with Gasteiger partial charge in [0.25, 0.3) is 5.91 Å². The van der Waals surface area contributed by atoms with Crippen LogP contribution in [0.5, 0.6) is 0 Å². The van der Waals surface area contributed by atoms with Crippen molar-refractivity contribution in [2.75, 3.05) is 43.4 Å². The predicted octanol–water partition coefficient (Wildman–Crippen LogP) is 0.656. The van der Waals surface area contributed by atoms with Crippen LogP contribution in [0.3, 0.4) is 0 Å². The molecule has 0 aliphatic carbocycles. The SMILES string of the molecule is C=CCNC(=O)c1sc(N2CCNCC2)cc1N. The lowest BCUT2D eigenvalue weighted by molar-refractivity contribution is 0.0963. The monoisotopic (exact) mass is 266 g/mol. The van der Waals surface area contributed by atoms with E-state index >= 15 is 0 Å². The van der Waals surface area contributed by atoms with Gasteiger partial charge in [0.2, 0.25) is 0 Å². The molecule has 2 rings (SSSR count). The number of hydrogen-bond acceptors (Lipinski definition) is 5. The van der Waals surface area contributed by atoms with E-state index in [-0.39, 0.29) is 5.91 Å². The van der Waals surface area contributed by atoms with Gasteiger partial charge in [-0.2, -0.15) is 0 Å². The van der Waals surface area contributed by atoms with Crippen LogP contribution in [-0.2, 0) is 0 Å². The molecule has 1 saturated heterocycles. The van der Waals surface area contributed by atoms with Gasteiger partial charge in [-0.1, -0.05) is 6.08 Å². The van der Waals surface area contributed by atoms with Crippen molar-refractivity contribution in [3.63, 3.8) is 0 Å². The summed E-state index contributed by atoms with van der Waals surface area (Å²) >= 11 is 1.45. The molecular formula is C12H18N4OS. The Labute approximate surface area is 111 Å². The van der Waals surface area contributed by atoms with Crippen LogP contribution in [-0.4, -0.2) is 38.6 Å². The maximum absolute atomic E-state index is 11.9. The molecule has 1 aliphatic heterocycles. The van der Waals surface area contributed by atoms with E-state index in [4.69, 9.17) is 5.73 Å². The maximum atomic E-state index is 11.9. The van der Waals surface area contributed by atoms with E-state index < -0.39 is 0 Å². The fourth-order valence-electron chi connectivity index (χ4n) is 1.86. The quantitative estimate of drug-likeness (QED) is 0.700. The molecule has 6 heteroatoms. The summed E-state index contributed by atoms with van der Waals surface area (Å²) in [5, 5.41) is 7.11. The topological polar surface area (TPSA) is 70.4 Å². The molecule has 18 heavy (non-hydrogen) atoms. The molecule has 0 bridgehead atoms. The van der Waals surface area contributed by atoms with Crippen LogP contribution >= 0.6 is 11.3 Å². The second-order valence-electron chi connectivity index (χ2n) is 4.10. The van der Waals surface area contributed by atoms with Crippen molar-refractivity contribution in [3.8, 4) is 0 Å². The number of rotatable bonds is 4. The van der Waals surface area contributed by atoms with E-state index in [9.17, 15) is 4.79 Å². The summed E-state index contributed by atoms with van der Waals surface area (Å²) in [6, 6.07) is 1.89. The van der Waals surface area contributed by atoms with Crippen LogP contribution in [0, 0.1) is 0 Å². The number of anilines is 2. The Morgan fingerprint density at radius 1 is 1.61 bits per heavy atom. The minimum absolute atomic E-state index is 0.126. The number of nitrogens with zero attached hydrogens (tertiary/aromatic N) is 1. The first kappa shape index (κ1) is 12.9. The molecule has 0 radical (unpaired) electrons. The summed E-state index contributed by atoms with van der Waals surface area (Å²) in [6.45, 7) is 7.87. The molecule has 0 unspecified atom stereocenters. The van der Waals surface area contributed by atoms with Crippen LogP contribution in [0.25, 0.3) is 0 Å². The zero-order valence-electron chi connectivity index (χ0n) is 10.2. The lowest BCUT2D eigenvalue weighted by Gasteiger charge is -2.27. The molecule has 0 atom stereocenters.